The summed E-state index contributed by atoms with van der Waals surface area (Å²) in [4.78, 5) is 24.2. The Bertz CT molecular complexity index is 921. The van der Waals surface area contributed by atoms with Crippen LogP contribution in [-0.2, 0) is 16.1 Å². The highest BCUT2D eigenvalue weighted by molar-refractivity contribution is 5.91. The first-order valence-corrected chi connectivity index (χ1v) is 9.36. The van der Waals surface area contributed by atoms with Gasteiger partial charge in [0.1, 0.15) is 23.7 Å². The van der Waals surface area contributed by atoms with Gasteiger partial charge in [0, 0.05) is 0 Å². The molecule has 8 nitrogen and oxygen atoms in total. The molecule has 1 amide bonds. The normalized spacial score (nSPS) is 15.1. The molecule has 1 aromatic heterocycles. The molecule has 1 atom stereocenters. The van der Waals surface area contributed by atoms with E-state index in [9.17, 15) is 14.9 Å². The van der Waals surface area contributed by atoms with Crippen LogP contribution in [0.5, 0.6) is 5.75 Å². The van der Waals surface area contributed by atoms with Crippen molar-refractivity contribution in [3.63, 3.8) is 0 Å². The lowest BCUT2D eigenvalue weighted by Crippen LogP contribution is -2.48. The Hall–Kier alpha value is -3.34. The van der Waals surface area contributed by atoms with Crippen LogP contribution in [0.1, 0.15) is 47.1 Å². The number of ether oxygens (including phenoxy) is 2. The van der Waals surface area contributed by atoms with Crippen LogP contribution in [-0.4, -0.2) is 29.2 Å². The first kappa shape index (κ1) is 20.4. The Morgan fingerprint density at radius 2 is 2.00 bits per heavy atom. The number of hydrogen-bond donors (Lipinski definition) is 1. The Morgan fingerprint density at radius 1 is 1.31 bits per heavy atom. The Balaban J connectivity index is 1.48. The number of rotatable bonds is 8. The standard InChI is InChI=1S/C21H23N3O5/c1-13-18(14(2)29-24-13)10-27-17-8-4-15(5-9-17)20(26)28-11-19(25)23-21(3,12-22)16-6-7-16/h4-5,8-9,16H,6-7,10-11H2,1-3H3,(H,23,25)/t21-/m1/s1. The summed E-state index contributed by atoms with van der Waals surface area (Å²) >= 11 is 0. The quantitative estimate of drug-likeness (QED) is 0.681. The minimum atomic E-state index is -0.913. The van der Waals surface area contributed by atoms with E-state index in [0.29, 0.717) is 23.7 Å². The van der Waals surface area contributed by atoms with E-state index in [2.05, 4.69) is 16.5 Å². The zero-order chi connectivity index (χ0) is 21.0. The van der Waals surface area contributed by atoms with Crippen molar-refractivity contribution >= 4 is 11.9 Å². The highest BCUT2D eigenvalue weighted by atomic mass is 16.5. The van der Waals surface area contributed by atoms with Crippen LogP contribution in [0.15, 0.2) is 28.8 Å². The molecule has 0 spiro atoms. The second kappa shape index (κ2) is 8.35. The number of esters is 1. The van der Waals surface area contributed by atoms with Crippen molar-refractivity contribution < 1.29 is 23.6 Å². The number of nitrogens with one attached hydrogen (secondary N) is 1. The van der Waals surface area contributed by atoms with Crippen molar-refractivity contribution in [2.24, 2.45) is 5.92 Å². The Labute approximate surface area is 168 Å². The number of nitriles is 1. The van der Waals surface area contributed by atoms with Crippen LogP contribution < -0.4 is 10.1 Å². The van der Waals surface area contributed by atoms with Crippen LogP contribution in [0.25, 0.3) is 0 Å². The predicted molar refractivity (Wildman–Crippen MR) is 102 cm³/mol. The number of aromatic nitrogens is 1. The molecule has 1 fully saturated rings. The molecular formula is C21H23N3O5. The second-order valence-electron chi connectivity index (χ2n) is 7.33. The van der Waals surface area contributed by atoms with Crippen molar-refractivity contribution in [3.8, 4) is 11.8 Å². The minimum absolute atomic E-state index is 0.158. The first-order chi connectivity index (χ1) is 13.8. The van der Waals surface area contributed by atoms with E-state index >= 15 is 0 Å². The van der Waals surface area contributed by atoms with Gasteiger partial charge in [-0.3, -0.25) is 4.79 Å². The highest BCUT2D eigenvalue weighted by Crippen LogP contribution is 2.39. The predicted octanol–water partition coefficient (Wildman–Crippen LogP) is 2.84. The van der Waals surface area contributed by atoms with Gasteiger partial charge >= 0.3 is 5.97 Å². The maximum atomic E-state index is 12.1. The topological polar surface area (TPSA) is 114 Å². The molecule has 1 saturated carbocycles. The smallest absolute Gasteiger partial charge is 0.338 e. The average Bonchev–Trinajstić information content (AvgIpc) is 3.52. The fourth-order valence-electron chi connectivity index (χ4n) is 2.97. The van der Waals surface area contributed by atoms with Gasteiger partial charge in [-0.25, -0.2) is 4.79 Å². The van der Waals surface area contributed by atoms with Gasteiger partial charge in [0.25, 0.3) is 5.91 Å². The molecule has 1 heterocycles. The van der Waals surface area contributed by atoms with Gasteiger partial charge in [0.2, 0.25) is 0 Å². The lowest BCUT2D eigenvalue weighted by molar-refractivity contribution is -0.125. The van der Waals surface area contributed by atoms with Crippen molar-refractivity contribution in [1.82, 2.24) is 10.5 Å². The van der Waals surface area contributed by atoms with Crippen LogP contribution >= 0.6 is 0 Å². The van der Waals surface area contributed by atoms with Crippen molar-refractivity contribution in [2.75, 3.05) is 6.61 Å². The third-order valence-corrected chi connectivity index (χ3v) is 5.01. The molecule has 1 aromatic carbocycles. The maximum Gasteiger partial charge on any atom is 0.338 e. The second-order valence-corrected chi connectivity index (χ2v) is 7.33. The zero-order valence-corrected chi connectivity index (χ0v) is 16.7. The zero-order valence-electron chi connectivity index (χ0n) is 16.7. The highest BCUT2D eigenvalue weighted by Gasteiger charge is 2.43. The molecule has 29 heavy (non-hydrogen) atoms. The van der Waals surface area contributed by atoms with Crippen molar-refractivity contribution in [1.29, 1.82) is 5.26 Å². The number of carbonyl (C=O) groups excluding carboxylic acids is 2. The molecule has 0 bridgehead atoms. The number of nitrogens with zero attached hydrogens (tertiary/aromatic N) is 2. The Kier molecular flexibility index (Phi) is 5.87. The molecule has 0 unspecified atom stereocenters. The molecule has 1 aliphatic carbocycles. The molecular weight excluding hydrogens is 374 g/mol. The summed E-state index contributed by atoms with van der Waals surface area (Å²) in [5, 5.41) is 15.8. The van der Waals surface area contributed by atoms with Gasteiger partial charge in [-0.1, -0.05) is 5.16 Å². The summed E-state index contributed by atoms with van der Waals surface area (Å²) in [7, 11) is 0. The SMILES string of the molecule is Cc1noc(C)c1COc1ccc(C(=O)OCC(=O)N[C@](C)(C#N)C2CC2)cc1. The number of aryl methyl sites for hydroxylation is 2. The van der Waals surface area contributed by atoms with Gasteiger partial charge in [-0.15, -0.1) is 0 Å². The van der Waals surface area contributed by atoms with Crippen LogP contribution in [0.2, 0.25) is 0 Å². The van der Waals surface area contributed by atoms with Crippen molar-refractivity contribution in [3.05, 3.63) is 46.8 Å². The summed E-state index contributed by atoms with van der Waals surface area (Å²) in [6.07, 6.45) is 1.82. The molecule has 2 aromatic rings. The number of carbonyl (C=O) groups is 2. The summed E-state index contributed by atoms with van der Waals surface area (Å²) < 4.78 is 15.8. The first-order valence-electron chi connectivity index (χ1n) is 9.36. The van der Waals surface area contributed by atoms with Crippen molar-refractivity contribution in [2.45, 2.75) is 45.8 Å². The molecule has 152 valence electrons. The van der Waals surface area contributed by atoms with E-state index < -0.39 is 24.0 Å². The lowest BCUT2D eigenvalue weighted by Gasteiger charge is -2.22. The molecule has 0 saturated heterocycles. The van der Waals surface area contributed by atoms with Crippen LogP contribution in [0, 0.1) is 31.1 Å². The lowest BCUT2D eigenvalue weighted by atomic mass is 9.98. The van der Waals surface area contributed by atoms with Gasteiger partial charge < -0.3 is 19.3 Å². The molecule has 3 rings (SSSR count). The molecule has 8 heteroatoms. The van der Waals surface area contributed by atoms with E-state index in [4.69, 9.17) is 14.0 Å². The summed E-state index contributed by atoms with van der Waals surface area (Å²) in [6.45, 7) is 5.22. The molecule has 1 N–H and O–H groups in total. The number of hydrogen-bond acceptors (Lipinski definition) is 7. The van der Waals surface area contributed by atoms with E-state index in [-0.39, 0.29) is 5.92 Å². The molecule has 1 aliphatic rings. The largest absolute Gasteiger partial charge is 0.489 e. The Morgan fingerprint density at radius 3 is 2.55 bits per heavy atom. The van der Waals surface area contributed by atoms with Gasteiger partial charge in [-0.05, 0) is 63.8 Å². The third-order valence-electron chi connectivity index (χ3n) is 5.01. The molecule has 0 aliphatic heterocycles. The van der Waals surface area contributed by atoms with Crippen LogP contribution in [0.3, 0.4) is 0 Å². The fraction of sp³-hybridized carbons (Fsp3) is 0.429. The number of benzene rings is 1. The van der Waals surface area contributed by atoms with E-state index in [0.717, 1.165) is 24.1 Å². The minimum Gasteiger partial charge on any atom is -0.489 e. The molecule has 0 radical (unpaired) electrons. The van der Waals surface area contributed by atoms with Gasteiger partial charge in [-0.2, -0.15) is 5.26 Å². The van der Waals surface area contributed by atoms with Gasteiger partial charge in [0.05, 0.1) is 22.9 Å². The fourth-order valence-corrected chi connectivity index (χ4v) is 2.97. The number of amides is 1. The third kappa shape index (κ3) is 4.93. The maximum absolute atomic E-state index is 12.1. The van der Waals surface area contributed by atoms with E-state index in [1.54, 1.807) is 31.2 Å². The monoisotopic (exact) mass is 397 g/mol. The van der Waals surface area contributed by atoms with E-state index in [1.165, 1.54) is 0 Å². The van der Waals surface area contributed by atoms with E-state index in [1.807, 2.05) is 13.8 Å². The average molecular weight is 397 g/mol. The summed E-state index contributed by atoms with van der Waals surface area (Å²) in [6, 6.07) is 8.55. The van der Waals surface area contributed by atoms with Crippen LogP contribution in [0.4, 0.5) is 0 Å². The van der Waals surface area contributed by atoms with Gasteiger partial charge in [0.15, 0.2) is 6.61 Å². The summed E-state index contributed by atoms with van der Waals surface area (Å²) in [5.41, 5.74) is 1.04. The summed E-state index contributed by atoms with van der Waals surface area (Å²) in [5.74, 6) is 0.324.